The van der Waals surface area contributed by atoms with Gasteiger partial charge in [0.05, 0.1) is 12.7 Å². The molecule has 5 nitrogen and oxygen atoms in total. The molecule has 2 aliphatic carbocycles. The molecule has 0 aromatic heterocycles. The normalized spacial score (nSPS) is 33.5. The predicted octanol–water partition coefficient (Wildman–Crippen LogP) is 3.97. The van der Waals surface area contributed by atoms with Crippen LogP contribution in [-0.2, 0) is 23.8 Å². The molecule has 5 atom stereocenters. The second-order valence-corrected chi connectivity index (χ2v) is 7.77. The lowest BCUT2D eigenvalue weighted by Gasteiger charge is -2.28. The molecule has 150 valence electrons. The maximum Gasteiger partial charge on any atom is 0.306 e. The molecule has 27 heavy (non-hydrogen) atoms. The molecular weight excluding hydrogens is 344 g/mol. The van der Waals surface area contributed by atoms with Gasteiger partial charge in [-0.05, 0) is 63.7 Å². The molecule has 2 fully saturated rings. The maximum absolute atomic E-state index is 11.7. The lowest BCUT2D eigenvalue weighted by atomic mass is 9.79. The van der Waals surface area contributed by atoms with E-state index in [4.69, 9.17) is 14.2 Å². The van der Waals surface area contributed by atoms with Crippen molar-refractivity contribution in [1.82, 2.24) is 0 Å². The van der Waals surface area contributed by atoms with Gasteiger partial charge in [-0.3, -0.25) is 4.79 Å². The second-order valence-electron chi connectivity index (χ2n) is 7.77. The first-order chi connectivity index (χ1) is 13.2. The lowest BCUT2D eigenvalue weighted by Crippen LogP contribution is -2.32. The third-order valence-electron chi connectivity index (χ3n) is 5.95. The third kappa shape index (κ3) is 5.52. The molecule has 0 N–H and O–H groups in total. The van der Waals surface area contributed by atoms with Crippen molar-refractivity contribution in [2.24, 2.45) is 17.8 Å². The van der Waals surface area contributed by atoms with Crippen LogP contribution in [0.1, 0.15) is 58.3 Å². The number of ether oxygens (including phenoxy) is 3. The number of fused-ring (bicyclic) bond motifs is 1. The first-order valence-corrected chi connectivity index (χ1v) is 10.5. The molecule has 0 amide bonds. The van der Waals surface area contributed by atoms with Crippen LogP contribution in [0.3, 0.4) is 0 Å². The van der Waals surface area contributed by atoms with Gasteiger partial charge in [-0.25, -0.2) is 0 Å². The monoisotopic (exact) mass is 376 g/mol. The minimum absolute atomic E-state index is 0.0221. The van der Waals surface area contributed by atoms with E-state index >= 15 is 0 Å². The van der Waals surface area contributed by atoms with E-state index in [0.717, 1.165) is 51.4 Å². The Morgan fingerprint density at radius 3 is 2.96 bits per heavy atom. The number of esters is 1. The summed E-state index contributed by atoms with van der Waals surface area (Å²) in [4.78, 5) is 23.1. The van der Waals surface area contributed by atoms with E-state index in [1.54, 1.807) is 0 Å². The van der Waals surface area contributed by atoms with E-state index in [0.29, 0.717) is 31.3 Å². The highest BCUT2D eigenvalue weighted by molar-refractivity contribution is 5.69. The van der Waals surface area contributed by atoms with Crippen molar-refractivity contribution in [3.05, 3.63) is 23.8 Å². The van der Waals surface area contributed by atoms with Crippen molar-refractivity contribution < 1.29 is 23.8 Å². The molecule has 0 aromatic carbocycles. The minimum Gasteiger partial charge on any atom is -0.466 e. The van der Waals surface area contributed by atoms with Crippen molar-refractivity contribution in [2.75, 3.05) is 13.2 Å². The molecule has 5 heteroatoms. The smallest absolute Gasteiger partial charge is 0.306 e. The summed E-state index contributed by atoms with van der Waals surface area (Å²) in [5, 5.41) is 0. The van der Waals surface area contributed by atoms with E-state index in [1.807, 2.05) is 6.92 Å². The Morgan fingerprint density at radius 2 is 2.22 bits per heavy atom. The van der Waals surface area contributed by atoms with Crippen LogP contribution in [0.15, 0.2) is 23.8 Å². The van der Waals surface area contributed by atoms with Crippen LogP contribution in [0.2, 0.25) is 0 Å². The van der Waals surface area contributed by atoms with E-state index in [-0.39, 0.29) is 24.3 Å². The molecule has 1 saturated heterocycles. The SMILES string of the molecule is CCOC(=O)CCC=CC1=C[C@@H]2C[C@@H](OC3CCCCO3)[C@@H](C=O)[C@@H]2CC1. The Bertz CT molecular complexity index is 561. The van der Waals surface area contributed by atoms with Gasteiger partial charge < -0.3 is 19.0 Å². The largest absolute Gasteiger partial charge is 0.466 e. The van der Waals surface area contributed by atoms with Crippen molar-refractivity contribution >= 4 is 12.3 Å². The van der Waals surface area contributed by atoms with Crippen LogP contribution < -0.4 is 0 Å². The molecule has 3 rings (SSSR count). The zero-order valence-electron chi connectivity index (χ0n) is 16.3. The number of hydrogen-bond donors (Lipinski definition) is 0. The summed E-state index contributed by atoms with van der Waals surface area (Å²) < 4.78 is 16.8. The highest BCUT2D eigenvalue weighted by Crippen LogP contribution is 2.46. The zero-order chi connectivity index (χ0) is 19.1. The Morgan fingerprint density at radius 1 is 1.33 bits per heavy atom. The maximum atomic E-state index is 11.7. The van der Waals surface area contributed by atoms with Gasteiger partial charge in [0.2, 0.25) is 0 Å². The number of hydrogen-bond acceptors (Lipinski definition) is 5. The van der Waals surface area contributed by atoms with Gasteiger partial charge in [0.15, 0.2) is 6.29 Å². The Labute approximate surface area is 162 Å². The first kappa shape index (κ1) is 20.3. The van der Waals surface area contributed by atoms with Crippen LogP contribution in [0, 0.1) is 17.8 Å². The van der Waals surface area contributed by atoms with E-state index in [9.17, 15) is 9.59 Å². The summed E-state index contributed by atoms with van der Waals surface area (Å²) in [5.41, 5.74) is 1.30. The number of aldehydes is 1. The number of carbonyl (C=O) groups is 2. The topological polar surface area (TPSA) is 61.8 Å². The summed E-state index contributed by atoms with van der Waals surface area (Å²) in [6, 6.07) is 0. The summed E-state index contributed by atoms with van der Waals surface area (Å²) in [7, 11) is 0. The molecule has 1 unspecified atom stereocenters. The van der Waals surface area contributed by atoms with Crippen LogP contribution in [0.25, 0.3) is 0 Å². The molecule has 1 saturated carbocycles. The van der Waals surface area contributed by atoms with Gasteiger partial charge >= 0.3 is 5.97 Å². The van der Waals surface area contributed by atoms with Gasteiger partial charge in [0.25, 0.3) is 0 Å². The number of allylic oxidation sites excluding steroid dienone is 4. The zero-order valence-corrected chi connectivity index (χ0v) is 16.3. The van der Waals surface area contributed by atoms with Crippen molar-refractivity contribution in [2.45, 2.75) is 70.7 Å². The highest BCUT2D eigenvalue weighted by atomic mass is 16.7. The summed E-state index contributed by atoms with van der Waals surface area (Å²) in [6.45, 7) is 3.02. The van der Waals surface area contributed by atoms with Crippen LogP contribution in [0.4, 0.5) is 0 Å². The molecule has 0 bridgehead atoms. The van der Waals surface area contributed by atoms with Crippen molar-refractivity contribution in [3.63, 3.8) is 0 Å². The molecule has 1 heterocycles. The quantitative estimate of drug-likeness (QED) is 0.474. The van der Waals surface area contributed by atoms with Crippen LogP contribution in [-0.4, -0.2) is 37.9 Å². The van der Waals surface area contributed by atoms with Gasteiger partial charge in [-0.2, -0.15) is 0 Å². The Balaban J connectivity index is 1.53. The van der Waals surface area contributed by atoms with Gasteiger partial charge in [0, 0.05) is 18.9 Å². The van der Waals surface area contributed by atoms with E-state index < -0.39 is 0 Å². The van der Waals surface area contributed by atoms with Crippen molar-refractivity contribution in [1.29, 1.82) is 0 Å². The second kappa shape index (κ2) is 10.2. The minimum atomic E-state index is -0.144. The molecule has 0 aromatic rings. The molecule has 1 aliphatic heterocycles. The summed E-state index contributed by atoms with van der Waals surface area (Å²) >= 11 is 0. The van der Waals surface area contributed by atoms with Gasteiger partial charge in [0.1, 0.15) is 6.29 Å². The fourth-order valence-electron chi connectivity index (χ4n) is 4.61. The van der Waals surface area contributed by atoms with E-state index in [1.165, 1.54) is 5.57 Å². The van der Waals surface area contributed by atoms with Crippen LogP contribution >= 0.6 is 0 Å². The lowest BCUT2D eigenvalue weighted by molar-refractivity contribution is -0.194. The highest BCUT2D eigenvalue weighted by Gasteiger charge is 2.45. The average Bonchev–Trinajstić information content (AvgIpc) is 3.02. The predicted molar refractivity (Wildman–Crippen MR) is 102 cm³/mol. The number of carbonyl (C=O) groups excluding carboxylic acids is 2. The Hall–Kier alpha value is -1.46. The van der Waals surface area contributed by atoms with E-state index in [2.05, 4.69) is 18.2 Å². The van der Waals surface area contributed by atoms with Gasteiger partial charge in [-0.1, -0.05) is 23.8 Å². The molecular formula is C22H32O5. The summed E-state index contributed by atoms with van der Waals surface area (Å²) in [6.07, 6.45) is 14.6. The molecule has 0 spiro atoms. The number of rotatable bonds is 8. The summed E-state index contributed by atoms with van der Waals surface area (Å²) in [5.74, 6) is 0.612. The van der Waals surface area contributed by atoms with Crippen molar-refractivity contribution in [3.8, 4) is 0 Å². The first-order valence-electron chi connectivity index (χ1n) is 10.5. The molecule has 3 aliphatic rings. The fraction of sp³-hybridized carbons (Fsp3) is 0.727. The standard InChI is InChI=1S/C22H32O5/c1-2-25-21(24)8-4-3-7-16-10-11-18-17(13-16)14-20(19(18)15-23)27-22-9-5-6-12-26-22/h3,7,13,15,17-20,22H,2,4-6,8-12,14H2,1H3/t17-,18-,19+,20-,22?/m1/s1. The average molecular weight is 376 g/mol. The third-order valence-corrected chi connectivity index (χ3v) is 5.95. The van der Waals surface area contributed by atoms with Crippen LogP contribution in [0.5, 0.6) is 0 Å². The molecule has 0 radical (unpaired) electrons. The van der Waals surface area contributed by atoms with Gasteiger partial charge in [-0.15, -0.1) is 0 Å². The fourth-order valence-corrected chi connectivity index (χ4v) is 4.61. The Kier molecular flexibility index (Phi) is 7.65.